The average Bonchev–Trinajstić information content (AvgIpc) is 3.29. The maximum atomic E-state index is 13.9. The van der Waals surface area contributed by atoms with Crippen molar-refractivity contribution in [3.8, 4) is 34.1 Å². The molecule has 69 heavy (non-hydrogen) atoms. The molecule has 0 radical (unpaired) electrons. The first kappa shape index (κ1) is 56.4. The van der Waals surface area contributed by atoms with Gasteiger partial charge in [0.1, 0.15) is 55.0 Å². The Balaban J connectivity index is 0.00000518. The molecule has 0 aliphatic carbocycles. The van der Waals surface area contributed by atoms with Crippen molar-refractivity contribution in [2.24, 2.45) is 30.7 Å². The Bertz CT molecular complexity index is 3090. The van der Waals surface area contributed by atoms with E-state index in [1.807, 2.05) is 19.9 Å². The van der Waals surface area contributed by atoms with Gasteiger partial charge in [-0.2, -0.15) is 13.5 Å². The predicted octanol–water partition coefficient (Wildman–Crippen LogP) is 5.27. The minimum Gasteiger partial charge on any atom is -0.870 e. The molecule has 6 aromatic carbocycles. The number of rotatable bonds is 21. The summed E-state index contributed by atoms with van der Waals surface area (Å²) in [4.78, 5) is -2.01. The molecule has 0 aliphatic rings. The van der Waals surface area contributed by atoms with Gasteiger partial charge in [0.25, 0.3) is 10.1 Å². The number of nitrogens with zero attached hydrogens (tertiary/aromatic N) is 6. The summed E-state index contributed by atoms with van der Waals surface area (Å²) in [6.45, 7) is 7.23. The third-order valence-corrected chi connectivity index (χ3v) is 11.8. The summed E-state index contributed by atoms with van der Waals surface area (Å²) >= 11 is 0. The molecule has 6 aromatic rings. The van der Waals surface area contributed by atoms with Crippen LogP contribution in [0.3, 0.4) is 0 Å². The average molecular weight is 998 g/mol. The summed E-state index contributed by atoms with van der Waals surface area (Å²) in [5.74, 6) is -0.0414. The second kappa shape index (κ2) is 25.6. The van der Waals surface area contributed by atoms with Crippen LogP contribution in [-0.2, 0) is 20.2 Å². The van der Waals surface area contributed by atoms with Crippen LogP contribution in [0.4, 0.5) is 51.2 Å². The molecule has 0 saturated heterocycles. The minimum absolute atomic E-state index is 0. The van der Waals surface area contributed by atoms with Crippen molar-refractivity contribution < 1.29 is 104 Å². The smallest absolute Gasteiger partial charge is 0.870 e. The molecule has 0 amide bonds. The number of benzene rings is 6. The molecule has 6 rings (SSSR count). The number of nitrogens with two attached hydrogens (primary N) is 3. The van der Waals surface area contributed by atoms with Crippen LogP contribution in [0.2, 0.25) is 0 Å². The van der Waals surface area contributed by atoms with Gasteiger partial charge in [0, 0.05) is 11.5 Å². The molecule has 0 aromatic heterocycles. The van der Waals surface area contributed by atoms with Crippen LogP contribution in [0.5, 0.6) is 23.0 Å². The van der Waals surface area contributed by atoms with E-state index in [0.29, 0.717) is 65.0 Å². The van der Waals surface area contributed by atoms with Gasteiger partial charge in [-0.15, -0.1) is 25.6 Å². The quantitative estimate of drug-likeness (QED) is 0.0235. The van der Waals surface area contributed by atoms with Gasteiger partial charge < -0.3 is 41.1 Å². The first-order chi connectivity index (χ1) is 32.0. The Morgan fingerprint density at radius 2 is 1.06 bits per heavy atom. The van der Waals surface area contributed by atoms with Gasteiger partial charge in [0.2, 0.25) is 0 Å². The molecule has 23 heteroatoms. The molecule has 0 bridgehead atoms. The first-order valence-corrected chi connectivity index (χ1v) is 24.1. The van der Waals surface area contributed by atoms with Crippen molar-refractivity contribution in [1.82, 2.24) is 0 Å². The van der Waals surface area contributed by atoms with Crippen LogP contribution in [-0.4, -0.2) is 45.8 Å². The van der Waals surface area contributed by atoms with E-state index in [9.17, 15) is 31.0 Å². The maximum Gasteiger partial charge on any atom is 1.00 e. The third kappa shape index (κ3) is 14.4. The molecule has 0 unspecified atom stereocenters. The fourth-order valence-corrected chi connectivity index (χ4v) is 7.79. The molecule has 0 spiro atoms. The zero-order chi connectivity index (χ0) is 48.3. The Morgan fingerprint density at radius 1 is 0.565 bits per heavy atom. The maximum absolute atomic E-state index is 13.9. The number of hydrogen-bond donors (Lipinski definition) is 4. The summed E-state index contributed by atoms with van der Waals surface area (Å²) in [5.41, 5.74) is 19.8. The predicted molar refractivity (Wildman–Crippen MR) is 253 cm³/mol. The zero-order valence-corrected chi connectivity index (χ0v) is 44.5. The number of fused-ring (bicyclic) bond motifs is 1. The Labute approximate surface area is 444 Å². The van der Waals surface area contributed by atoms with E-state index in [4.69, 9.17) is 31.4 Å². The molecular formula is C46H49N9Na2O10S2. The molecule has 0 aliphatic heterocycles. The Kier molecular flexibility index (Phi) is 20.9. The van der Waals surface area contributed by atoms with Crippen LogP contribution < -0.4 is 95.6 Å². The van der Waals surface area contributed by atoms with Crippen LogP contribution in [0, 0.1) is 0 Å². The largest absolute Gasteiger partial charge is 1.00 e. The molecule has 0 heterocycles. The summed E-state index contributed by atoms with van der Waals surface area (Å²) < 4.78 is 91.1. The van der Waals surface area contributed by atoms with Crippen LogP contribution in [0.1, 0.15) is 59.3 Å². The molecular weight excluding hydrogens is 949 g/mol. The van der Waals surface area contributed by atoms with Crippen LogP contribution in [0.25, 0.3) is 21.9 Å². The van der Waals surface area contributed by atoms with Crippen molar-refractivity contribution in [1.29, 1.82) is 0 Å². The van der Waals surface area contributed by atoms with Crippen LogP contribution >= 0.6 is 0 Å². The van der Waals surface area contributed by atoms with Gasteiger partial charge in [0.15, 0.2) is 0 Å². The number of ether oxygens (including phenoxy) is 3. The fourth-order valence-electron chi connectivity index (χ4n) is 6.47. The van der Waals surface area contributed by atoms with E-state index in [2.05, 4.69) is 37.6 Å². The Hall–Kier alpha value is -5.20. The van der Waals surface area contributed by atoms with E-state index >= 15 is 0 Å². The molecule has 352 valence electrons. The summed E-state index contributed by atoms with van der Waals surface area (Å²) in [5, 5.41) is 38.0. The van der Waals surface area contributed by atoms with E-state index < -0.39 is 63.6 Å². The van der Waals surface area contributed by atoms with Gasteiger partial charge in [-0.25, -0.2) is 8.42 Å². The van der Waals surface area contributed by atoms with E-state index in [1.54, 1.807) is 60.7 Å². The van der Waals surface area contributed by atoms with Crippen molar-refractivity contribution in [2.75, 3.05) is 37.0 Å². The summed E-state index contributed by atoms with van der Waals surface area (Å²) in [7, 11) is -10.5. The summed E-state index contributed by atoms with van der Waals surface area (Å²) in [6, 6.07) is 23.0. The van der Waals surface area contributed by atoms with Gasteiger partial charge in [-0.3, -0.25) is 4.55 Å². The number of hydrogen-bond acceptors (Lipinski definition) is 18. The van der Waals surface area contributed by atoms with E-state index in [-0.39, 0.29) is 82.8 Å². The SMILES string of the molecule is CCCCOc1cc(N=Nc2ccc(-c3ccc(N=Nc4c(S(=O)(=O)[O-])cc5cc(S(=O)(=O)O)c(N=Nc6ccccc6)c([O-])c5c4N)c(OCCCC)c3)cc2OCCCC)c(N)cc1N.[Na+].[Na+]. The minimum atomic E-state index is -5.40. The monoisotopic (exact) mass is 997 g/mol. The second-order valence-electron chi connectivity index (χ2n) is 15.1. The summed E-state index contributed by atoms with van der Waals surface area (Å²) in [6.07, 6.45) is 4.92. The molecule has 0 saturated carbocycles. The fraction of sp³-hybridized carbons (Fsp3) is 0.261. The van der Waals surface area contributed by atoms with Crippen molar-refractivity contribution in [3.05, 3.63) is 91.0 Å². The Morgan fingerprint density at radius 3 is 1.58 bits per heavy atom. The number of azo groups is 3. The molecule has 0 atom stereocenters. The standard InChI is InChI=1S/C46H51N9O10S2.2Na/c1-4-7-19-63-37-27-36(32(47)26-33(37)48)53-51-34-17-15-28(22-38(34)64-20-8-5-2)29-16-18-35(39(23-29)65-21-9-6-3)52-54-44-40(66(57,58)59)24-30-25-41(67(60,61)62)45(46(56)42(30)43(44)49)55-50-31-13-11-10-12-14-31;;/h10-18,22-27,56H,4-9,19-21,47-49H2,1-3H3,(H,57,58,59)(H,60,61,62);;/q;2*+1/p-2. The van der Waals surface area contributed by atoms with Gasteiger partial charge in [-0.05, 0) is 90.4 Å². The van der Waals surface area contributed by atoms with E-state index in [0.717, 1.165) is 44.2 Å². The third-order valence-electron chi connectivity index (χ3n) is 10.1. The van der Waals surface area contributed by atoms with Crippen molar-refractivity contribution in [3.63, 3.8) is 0 Å². The van der Waals surface area contributed by atoms with Gasteiger partial charge in [0.05, 0.1) is 53.2 Å². The first-order valence-electron chi connectivity index (χ1n) is 21.2. The normalized spacial score (nSPS) is 11.8. The van der Waals surface area contributed by atoms with E-state index in [1.165, 1.54) is 12.1 Å². The molecule has 19 nitrogen and oxygen atoms in total. The van der Waals surface area contributed by atoms with Gasteiger partial charge in [-0.1, -0.05) is 76.1 Å². The number of anilines is 3. The van der Waals surface area contributed by atoms with Crippen molar-refractivity contribution in [2.45, 2.75) is 69.1 Å². The number of nitrogen functional groups attached to an aromatic ring is 3. The van der Waals surface area contributed by atoms with Gasteiger partial charge >= 0.3 is 59.1 Å². The molecule has 0 fully saturated rings. The topological polar surface area (TPSA) is 315 Å². The van der Waals surface area contributed by atoms with Crippen LogP contribution in [0.15, 0.2) is 131 Å². The second-order valence-corrected chi connectivity index (χ2v) is 17.8. The zero-order valence-electron chi connectivity index (χ0n) is 38.9. The molecule has 7 N–H and O–H groups in total. The number of unbranched alkanes of at least 4 members (excludes halogenated alkanes) is 3. The van der Waals surface area contributed by atoms with Crippen molar-refractivity contribution >= 4 is 82.2 Å².